The van der Waals surface area contributed by atoms with Crippen molar-refractivity contribution in [2.45, 2.75) is 38.8 Å². The molecule has 0 aliphatic carbocycles. The van der Waals surface area contributed by atoms with Gasteiger partial charge in [0.15, 0.2) is 5.82 Å². The zero-order chi connectivity index (χ0) is 21.0. The standard InChI is InChI=1S/C20H26N6O3/c1-14(2)22-20(27)15-8-9-17(18(12-15)26(28)29)24(3)16-6-5-11-25(13-16)19-7-4-10-21-23-19/h4,7-10,12,14,16H,5-6,11,13H2,1-3H3,(H,22,27). The van der Waals surface area contributed by atoms with Crippen molar-refractivity contribution in [3.05, 3.63) is 52.2 Å². The SMILES string of the molecule is CC(C)NC(=O)c1ccc(N(C)C2CCCN(c3cccnn3)C2)c([N+](=O)[O-])c1. The van der Waals surface area contributed by atoms with Crippen molar-refractivity contribution >= 4 is 23.1 Å². The normalized spacial score (nSPS) is 16.6. The van der Waals surface area contributed by atoms with Gasteiger partial charge in [-0.25, -0.2) is 0 Å². The molecule has 1 aliphatic rings. The topological polar surface area (TPSA) is 104 Å². The summed E-state index contributed by atoms with van der Waals surface area (Å²) >= 11 is 0. The van der Waals surface area contributed by atoms with Crippen LogP contribution in [0.3, 0.4) is 0 Å². The third kappa shape index (κ3) is 4.79. The summed E-state index contributed by atoms with van der Waals surface area (Å²) in [4.78, 5) is 27.6. The number of carbonyl (C=O) groups excluding carboxylic acids is 1. The molecule has 1 saturated heterocycles. The number of benzene rings is 1. The Bertz CT molecular complexity index is 874. The van der Waals surface area contributed by atoms with Crippen molar-refractivity contribution in [1.82, 2.24) is 15.5 Å². The Morgan fingerprint density at radius 3 is 2.83 bits per heavy atom. The predicted octanol–water partition coefficient (Wildman–Crippen LogP) is 2.63. The van der Waals surface area contributed by atoms with Gasteiger partial charge < -0.3 is 15.1 Å². The number of nitro benzene ring substituents is 1. The van der Waals surface area contributed by atoms with Gasteiger partial charge in [-0.1, -0.05) is 0 Å². The molecule has 1 amide bonds. The lowest BCUT2D eigenvalue weighted by Crippen LogP contribution is -2.47. The van der Waals surface area contributed by atoms with Crippen molar-refractivity contribution in [2.24, 2.45) is 0 Å². The highest BCUT2D eigenvalue weighted by molar-refractivity contribution is 5.96. The lowest BCUT2D eigenvalue weighted by atomic mass is 10.0. The summed E-state index contributed by atoms with van der Waals surface area (Å²) in [5, 5.41) is 22.6. The number of carbonyl (C=O) groups is 1. The van der Waals surface area contributed by atoms with Gasteiger partial charge >= 0.3 is 0 Å². The lowest BCUT2D eigenvalue weighted by Gasteiger charge is -2.38. The maximum absolute atomic E-state index is 12.2. The minimum absolute atomic E-state index is 0.0433. The molecular weight excluding hydrogens is 372 g/mol. The van der Waals surface area contributed by atoms with Crippen molar-refractivity contribution in [1.29, 1.82) is 0 Å². The Morgan fingerprint density at radius 1 is 1.38 bits per heavy atom. The molecule has 0 bridgehead atoms. The molecule has 1 atom stereocenters. The van der Waals surface area contributed by atoms with Crippen LogP contribution in [0, 0.1) is 10.1 Å². The average Bonchev–Trinajstić information content (AvgIpc) is 2.73. The fourth-order valence-corrected chi connectivity index (χ4v) is 3.59. The van der Waals surface area contributed by atoms with Crippen LogP contribution < -0.4 is 15.1 Å². The van der Waals surface area contributed by atoms with E-state index in [-0.39, 0.29) is 29.2 Å². The Balaban J connectivity index is 1.83. The summed E-state index contributed by atoms with van der Waals surface area (Å²) in [6.07, 6.45) is 3.51. The summed E-state index contributed by atoms with van der Waals surface area (Å²) in [6, 6.07) is 8.46. The first kappa shape index (κ1) is 20.5. The summed E-state index contributed by atoms with van der Waals surface area (Å²) < 4.78 is 0. The van der Waals surface area contributed by atoms with E-state index in [1.807, 2.05) is 37.9 Å². The van der Waals surface area contributed by atoms with Gasteiger partial charge in [-0.15, -0.1) is 5.10 Å². The number of amides is 1. The molecule has 9 nitrogen and oxygen atoms in total. The molecule has 2 heterocycles. The minimum atomic E-state index is -0.429. The first-order chi connectivity index (χ1) is 13.9. The van der Waals surface area contributed by atoms with Crippen LogP contribution >= 0.6 is 0 Å². The van der Waals surface area contributed by atoms with Crippen LogP contribution in [0.15, 0.2) is 36.5 Å². The molecule has 1 aromatic carbocycles. The fourth-order valence-electron chi connectivity index (χ4n) is 3.59. The number of hydrogen-bond acceptors (Lipinski definition) is 7. The van der Waals surface area contributed by atoms with Crippen LogP contribution in [-0.4, -0.2) is 53.2 Å². The number of hydrogen-bond donors (Lipinski definition) is 1. The number of anilines is 2. The molecule has 0 spiro atoms. The van der Waals surface area contributed by atoms with Crippen molar-refractivity contribution in [2.75, 3.05) is 29.9 Å². The second-order valence-corrected chi connectivity index (χ2v) is 7.52. The van der Waals surface area contributed by atoms with Gasteiger partial charge in [-0.05, 0) is 51.0 Å². The van der Waals surface area contributed by atoms with E-state index in [0.717, 1.165) is 25.2 Å². The molecule has 9 heteroatoms. The van der Waals surface area contributed by atoms with Gasteiger partial charge in [0.25, 0.3) is 11.6 Å². The average molecular weight is 398 g/mol. The Hall–Kier alpha value is -3.23. The Morgan fingerprint density at radius 2 is 2.17 bits per heavy atom. The third-order valence-corrected chi connectivity index (χ3v) is 5.06. The fraction of sp³-hybridized carbons (Fsp3) is 0.450. The molecular formula is C20H26N6O3. The van der Waals surface area contributed by atoms with E-state index in [1.165, 1.54) is 6.07 Å². The van der Waals surface area contributed by atoms with Crippen molar-refractivity contribution in [3.63, 3.8) is 0 Å². The smallest absolute Gasteiger partial charge is 0.293 e. The lowest BCUT2D eigenvalue weighted by molar-refractivity contribution is -0.384. The molecule has 1 N–H and O–H groups in total. The summed E-state index contributed by atoms with van der Waals surface area (Å²) in [5.41, 5.74) is 0.718. The molecule has 1 aromatic heterocycles. The van der Waals surface area contributed by atoms with Crippen LogP contribution in [0.25, 0.3) is 0 Å². The van der Waals surface area contributed by atoms with E-state index in [2.05, 4.69) is 20.4 Å². The predicted molar refractivity (Wildman–Crippen MR) is 111 cm³/mol. The molecule has 2 aromatic rings. The van der Waals surface area contributed by atoms with Crippen LogP contribution in [-0.2, 0) is 0 Å². The van der Waals surface area contributed by atoms with Gasteiger partial charge in [0.2, 0.25) is 0 Å². The number of nitrogens with zero attached hydrogens (tertiary/aromatic N) is 5. The number of likely N-dealkylation sites (N-methyl/N-ethyl adjacent to an activating group) is 1. The van der Waals surface area contributed by atoms with Crippen LogP contribution in [0.2, 0.25) is 0 Å². The summed E-state index contributed by atoms with van der Waals surface area (Å²) in [5.74, 6) is 0.490. The number of aromatic nitrogens is 2. The van der Waals surface area contributed by atoms with E-state index >= 15 is 0 Å². The first-order valence-corrected chi connectivity index (χ1v) is 9.71. The maximum Gasteiger partial charge on any atom is 0.293 e. The van der Waals surface area contributed by atoms with E-state index in [0.29, 0.717) is 12.2 Å². The van der Waals surface area contributed by atoms with Crippen LogP contribution in [0.5, 0.6) is 0 Å². The largest absolute Gasteiger partial charge is 0.364 e. The van der Waals surface area contributed by atoms with Gasteiger partial charge in [0.1, 0.15) is 5.69 Å². The van der Waals surface area contributed by atoms with Gasteiger partial charge in [-0.3, -0.25) is 14.9 Å². The molecule has 29 heavy (non-hydrogen) atoms. The van der Waals surface area contributed by atoms with Crippen molar-refractivity contribution in [3.8, 4) is 0 Å². The molecule has 0 radical (unpaired) electrons. The highest BCUT2D eigenvalue weighted by Gasteiger charge is 2.28. The van der Waals surface area contributed by atoms with E-state index < -0.39 is 4.92 Å². The molecule has 3 rings (SSSR count). The van der Waals surface area contributed by atoms with Gasteiger partial charge in [-0.2, -0.15) is 5.10 Å². The summed E-state index contributed by atoms with van der Waals surface area (Å²) in [7, 11) is 1.86. The van der Waals surface area contributed by atoms with Gasteiger partial charge in [0.05, 0.1) is 4.92 Å². The second-order valence-electron chi connectivity index (χ2n) is 7.52. The third-order valence-electron chi connectivity index (χ3n) is 5.06. The number of piperidine rings is 1. The zero-order valence-electron chi connectivity index (χ0n) is 16.9. The van der Waals surface area contributed by atoms with E-state index in [1.54, 1.807) is 18.3 Å². The Kier molecular flexibility index (Phi) is 6.26. The minimum Gasteiger partial charge on any atom is -0.364 e. The van der Waals surface area contributed by atoms with Crippen molar-refractivity contribution < 1.29 is 9.72 Å². The highest BCUT2D eigenvalue weighted by atomic mass is 16.6. The Labute approximate surface area is 169 Å². The number of nitro groups is 1. The first-order valence-electron chi connectivity index (χ1n) is 9.71. The monoisotopic (exact) mass is 398 g/mol. The van der Waals surface area contributed by atoms with E-state index in [9.17, 15) is 14.9 Å². The number of rotatable bonds is 6. The number of nitrogens with one attached hydrogen (secondary N) is 1. The highest BCUT2D eigenvalue weighted by Crippen LogP contribution is 2.32. The molecule has 1 fully saturated rings. The molecule has 154 valence electrons. The van der Waals surface area contributed by atoms with Gasteiger partial charge in [0, 0.05) is 50.0 Å². The van der Waals surface area contributed by atoms with Crippen LogP contribution in [0.4, 0.5) is 17.2 Å². The molecule has 1 unspecified atom stereocenters. The van der Waals surface area contributed by atoms with Crippen LogP contribution in [0.1, 0.15) is 37.0 Å². The molecule has 0 saturated carbocycles. The molecule has 1 aliphatic heterocycles. The van der Waals surface area contributed by atoms with E-state index in [4.69, 9.17) is 0 Å². The summed E-state index contributed by atoms with van der Waals surface area (Å²) in [6.45, 7) is 5.27. The quantitative estimate of drug-likeness (QED) is 0.589. The zero-order valence-corrected chi connectivity index (χ0v) is 16.9. The maximum atomic E-state index is 12.2. The second kappa shape index (κ2) is 8.85.